The molecule has 7 N–H and O–H groups in total. The minimum absolute atomic E-state index is 0.518. The third kappa shape index (κ3) is 3.66. The second-order valence-electron chi connectivity index (χ2n) is 5.84. The van der Waals surface area contributed by atoms with Gasteiger partial charge in [-0.3, -0.25) is 0 Å². The number of aliphatic hydroxyl groups excluding tert-OH is 7. The van der Waals surface area contributed by atoms with Crippen molar-refractivity contribution < 1.29 is 50.0 Å². The first-order chi connectivity index (χ1) is 10.8. The maximum atomic E-state index is 10.1. The predicted molar refractivity (Wildman–Crippen MR) is 72.1 cm³/mol. The molecule has 0 aromatic heterocycles. The molecule has 2 fully saturated rings. The lowest BCUT2D eigenvalue weighted by atomic mass is 9.95. The van der Waals surface area contributed by atoms with Crippen LogP contribution in [0.4, 0.5) is 0 Å². The van der Waals surface area contributed by atoms with E-state index in [1.807, 2.05) is 0 Å². The molecule has 0 aliphatic carbocycles. The lowest BCUT2D eigenvalue weighted by molar-refractivity contribution is -0.341. The number of ether oxygens (including phenoxy) is 3. The van der Waals surface area contributed by atoms with Crippen LogP contribution in [0.25, 0.3) is 0 Å². The lowest BCUT2D eigenvalue weighted by Gasteiger charge is -2.45. The Morgan fingerprint density at radius 2 is 1.35 bits per heavy atom. The van der Waals surface area contributed by atoms with Gasteiger partial charge in [0.15, 0.2) is 6.29 Å². The highest BCUT2D eigenvalue weighted by atomic mass is 16.7. The van der Waals surface area contributed by atoms with Gasteiger partial charge in [0.25, 0.3) is 0 Å². The Bertz CT molecular complexity index is 378. The van der Waals surface area contributed by atoms with E-state index < -0.39 is 74.4 Å². The number of hydrogen-bond acceptors (Lipinski definition) is 10. The van der Waals surface area contributed by atoms with Crippen molar-refractivity contribution in [1.82, 2.24) is 0 Å². The summed E-state index contributed by atoms with van der Waals surface area (Å²) in [5.74, 6) is 0. The van der Waals surface area contributed by atoms with Gasteiger partial charge in [-0.2, -0.15) is 0 Å². The van der Waals surface area contributed by atoms with E-state index in [1.54, 1.807) is 0 Å². The molecule has 0 saturated carbocycles. The van der Waals surface area contributed by atoms with Crippen molar-refractivity contribution in [2.45, 2.75) is 68.1 Å². The number of aliphatic hydroxyl groups is 7. The molecule has 10 heteroatoms. The van der Waals surface area contributed by atoms with Crippen LogP contribution < -0.4 is 0 Å². The summed E-state index contributed by atoms with van der Waals surface area (Å²) >= 11 is 0. The number of hydrogen-bond donors (Lipinski definition) is 7. The molecule has 0 unspecified atom stereocenters. The van der Waals surface area contributed by atoms with Gasteiger partial charge < -0.3 is 50.0 Å². The quantitative estimate of drug-likeness (QED) is 0.265. The maximum Gasteiger partial charge on any atom is 0.187 e. The summed E-state index contributed by atoms with van der Waals surface area (Å²) in [7, 11) is 0. The Kier molecular flexibility index (Phi) is 6.30. The standard InChI is InChI=1S/C13H24O10/c1-4-7(16)10(19)12(6(3-15)21-4)23-13-11(20)9(18)8(17)5(2-14)22-13/h4-20H,2-3H2,1H3/t4-,5-,6-,7+,8-,9+,10-,11-,12-,13-/m1/s1. The average Bonchev–Trinajstić information content (AvgIpc) is 2.55. The van der Waals surface area contributed by atoms with Crippen LogP contribution in [0.1, 0.15) is 6.92 Å². The Morgan fingerprint density at radius 3 is 1.91 bits per heavy atom. The molecule has 0 spiro atoms. The Labute approximate surface area is 132 Å². The minimum atomic E-state index is -1.66. The van der Waals surface area contributed by atoms with Crippen LogP contribution in [0.15, 0.2) is 0 Å². The normalized spacial score (nSPS) is 51.7. The van der Waals surface area contributed by atoms with Crippen molar-refractivity contribution in [1.29, 1.82) is 0 Å². The molecule has 2 rings (SSSR count). The highest BCUT2D eigenvalue weighted by Gasteiger charge is 2.49. The Hall–Kier alpha value is -0.400. The van der Waals surface area contributed by atoms with Crippen molar-refractivity contribution in [2.24, 2.45) is 0 Å². The van der Waals surface area contributed by atoms with Gasteiger partial charge >= 0.3 is 0 Å². The molecule has 23 heavy (non-hydrogen) atoms. The Morgan fingerprint density at radius 1 is 0.739 bits per heavy atom. The number of rotatable bonds is 4. The third-order valence-electron chi connectivity index (χ3n) is 4.24. The zero-order chi connectivity index (χ0) is 17.3. The average molecular weight is 340 g/mol. The predicted octanol–water partition coefficient (Wildman–Crippen LogP) is -4.33. The summed E-state index contributed by atoms with van der Waals surface area (Å²) in [6, 6.07) is 0. The van der Waals surface area contributed by atoms with Crippen molar-refractivity contribution >= 4 is 0 Å². The van der Waals surface area contributed by atoms with Crippen LogP contribution in [-0.2, 0) is 14.2 Å². The molecule has 0 radical (unpaired) electrons. The van der Waals surface area contributed by atoms with Crippen molar-refractivity contribution in [3.8, 4) is 0 Å². The fourth-order valence-corrected chi connectivity index (χ4v) is 2.78. The summed E-state index contributed by atoms with van der Waals surface area (Å²) in [5.41, 5.74) is 0. The summed E-state index contributed by atoms with van der Waals surface area (Å²) < 4.78 is 15.9. The topological polar surface area (TPSA) is 169 Å². The molecular weight excluding hydrogens is 316 g/mol. The van der Waals surface area contributed by atoms with E-state index in [9.17, 15) is 30.6 Å². The van der Waals surface area contributed by atoms with Gasteiger partial charge in [0.1, 0.15) is 48.8 Å². The van der Waals surface area contributed by atoms with Crippen LogP contribution >= 0.6 is 0 Å². The van der Waals surface area contributed by atoms with E-state index in [4.69, 9.17) is 19.3 Å². The smallest absolute Gasteiger partial charge is 0.187 e. The minimum Gasteiger partial charge on any atom is -0.394 e. The molecule has 0 aromatic carbocycles. The van der Waals surface area contributed by atoms with Crippen LogP contribution in [0, 0.1) is 0 Å². The van der Waals surface area contributed by atoms with E-state index in [1.165, 1.54) is 6.92 Å². The molecule has 0 amide bonds. The van der Waals surface area contributed by atoms with Crippen molar-refractivity contribution in [3.63, 3.8) is 0 Å². The van der Waals surface area contributed by atoms with Gasteiger partial charge in [0.05, 0.1) is 19.3 Å². The summed E-state index contributed by atoms with van der Waals surface area (Å²) in [6.45, 7) is 0.369. The molecule has 10 atom stereocenters. The van der Waals surface area contributed by atoms with Gasteiger partial charge in [-0.1, -0.05) is 0 Å². The first-order valence-electron chi connectivity index (χ1n) is 7.40. The van der Waals surface area contributed by atoms with E-state index in [-0.39, 0.29) is 0 Å². The van der Waals surface area contributed by atoms with E-state index >= 15 is 0 Å². The zero-order valence-electron chi connectivity index (χ0n) is 12.5. The molecule has 2 heterocycles. The van der Waals surface area contributed by atoms with Gasteiger partial charge in [-0.05, 0) is 6.92 Å². The maximum absolute atomic E-state index is 10.1. The fourth-order valence-electron chi connectivity index (χ4n) is 2.78. The van der Waals surface area contributed by atoms with Crippen molar-refractivity contribution in [2.75, 3.05) is 13.2 Å². The monoisotopic (exact) mass is 340 g/mol. The first kappa shape index (κ1) is 18.9. The molecule has 2 aliphatic heterocycles. The van der Waals surface area contributed by atoms with Crippen LogP contribution in [-0.4, -0.2) is 110 Å². The first-order valence-corrected chi connectivity index (χ1v) is 7.40. The summed E-state index contributed by atoms with van der Waals surface area (Å²) in [5, 5.41) is 67.8. The fraction of sp³-hybridized carbons (Fsp3) is 1.00. The molecule has 2 saturated heterocycles. The molecular formula is C13H24O10. The van der Waals surface area contributed by atoms with E-state index in [0.717, 1.165) is 0 Å². The third-order valence-corrected chi connectivity index (χ3v) is 4.24. The molecule has 0 aromatic rings. The molecule has 136 valence electrons. The van der Waals surface area contributed by atoms with Crippen molar-refractivity contribution in [3.05, 3.63) is 0 Å². The van der Waals surface area contributed by atoms with Gasteiger partial charge in [0, 0.05) is 0 Å². The van der Waals surface area contributed by atoms with E-state index in [2.05, 4.69) is 0 Å². The lowest BCUT2D eigenvalue weighted by Crippen LogP contribution is -2.64. The van der Waals surface area contributed by atoms with Crippen LogP contribution in [0.2, 0.25) is 0 Å². The van der Waals surface area contributed by atoms with Gasteiger partial charge in [-0.25, -0.2) is 0 Å². The zero-order valence-corrected chi connectivity index (χ0v) is 12.5. The molecule has 0 bridgehead atoms. The Balaban J connectivity index is 2.11. The van der Waals surface area contributed by atoms with Crippen LogP contribution in [0.5, 0.6) is 0 Å². The van der Waals surface area contributed by atoms with Gasteiger partial charge in [-0.15, -0.1) is 0 Å². The molecule has 2 aliphatic rings. The summed E-state index contributed by atoms with van der Waals surface area (Å²) in [6.07, 6.45) is -13.2. The highest BCUT2D eigenvalue weighted by Crippen LogP contribution is 2.28. The molecule has 10 nitrogen and oxygen atoms in total. The van der Waals surface area contributed by atoms with Crippen LogP contribution in [0.3, 0.4) is 0 Å². The highest BCUT2D eigenvalue weighted by molar-refractivity contribution is 4.94. The SMILES string of the molecule is C[C@H]1O[C@H](CO)[C@@H](O[C@H]2O[C@H](CO)[C@@H](O)[C@H](O)[C@H]2O)[C@H](O)[C@H]1O. The van der Waals surface area contributed by atoms with Gasteiger partial charge in [0.2, 0.25) is 0 Å². The largest absolute Gasteiger partial charge is 0.394 e. The second kappa shape index (κ2) is 7.66. The van der Waals surface area contributed by atoms with E-state index in [0.29, 0.717) is 0 Å². The second-order valence-corrected chi connectivity index (χ2v) is 5.84. The summed E-state index contributed by atoms with van der Waals surface area (Å²) in [4.78, 5) is 0.